The highest BCUT2D eigenvalue weighted by Gasteiger charge is 2.17. The van der Waals surface area contributed by atoms with Crippen molar-refractivity contribution in [3.8, 4) is 11.4 Å². The lowest BCUT2D eigenvalue weighted by atomic mass is 10.2. The second kappa shape index (κ2) is 5.14. The van der Waals surface area contributed by atoms with Gasteiger partial charge >= 0.3 is 0 Å². The van der Waals surface area contributed by atoms with Gasteiger partial charge in [-0.1, -0.05) is 17.7 Å². The van der Waals surface area contributed by atoms with E-state index in [1.165, 1.54) is 6.07 Å². The van der Waals surface area contributed by atoms with Gasteiger partial charge in [-0.3, -0.25) is 5.10 Å². The second-order valence-electron chi connectivity index (χ2n) is 4.32. The van der Waals surface area contributed by atoms with Crippen molar-refractivity contribution in [3.63, 3.8) is 0 Å². The molecule has 1 fully saturated rings. The van der Waals surface area contributed by atoms with E-state index in [1.807, 2.05) is 0 Å². The summed E-state index contributed by atoms with van der Waals surface area (Å²) in [6, 6.07) is 4.64. The zero-order valence-electron chi connectivity index (χ0n) is 10.2. The Bertz CT molecular complexity index is 579. The molecule has 0 spiro atoms. The molecule has 0 aliphatic carbocycles. The minimum atomic E-state index is -0.459. The van der Waals surface area contributed by atoms with E-state index >= 15 is 0 Å². The molecule has 1 saturated heterocycles. The van der Waals surface area contributed by atoms with Crippen molar-refractivity contribution in [2.24, 2.45) is 0 Å². The Kier molecular flexibility index (Phi) is 3.35. The van der Waals surface area contributed by atoms with Gasteiger partial charge in [0.25, 0.3) is 0 Å². The third kappa shape index (κ3) is 2.41. The monoisotopic (exact) mass is 281 g/mol. The Morgan fingerprint density at radius 1 is 1.26 bits per heavy atom. The van der Waals surface area contributed by atoms with Crippen LogP contribution in [0.15, 0.2) is 18.2 Å². The maximum absolute atomic E-state index is 13.4. The number of benzene rings is 1. The molecular formula is C12H13ClFN5. The van der Waals surface area contributed by atoms with Crippen LogP contribution < -0.4 is 10.2 Å². The highest BCUT2D eigenvalue weighted by molar-refractivity contribution is 6.33. The summed E-state index contributed by atoms with van der Waals surface area (Å²) in [5, 5.41) is 10.3. The van der Waals surface area contributed by atoms with Gasteiger partial charge in [0.1, 0.15) is 5.82 Å². The molecule has 1 aliphatic rings. The molecule has 1 aliphatic heterocycles. The van der Waals surface area contributed by atoms with Crippen molar-refractivity contribution in [2.75, 3.05) is 31.1 Å². The van der Waals surface area contributed by atoms with Crippen molar-refractivity contribution < 1.29 is 4.39 Å². The first kappa shape index (κ1) is 12.4. The summed E-state index contributed by atoms with van der Waals surface area (Å²) >= 11 is 5.94. The number of aromatic nitrogens is 3. The van der Waals surface area contributed by atoms with Gasteiger partial charge < -0.3 is 10.2 Å². The molecule has 0 unspecified atom stereocenters. The first-order valence-electron chi connectivity index (χ1n) is 6.08. The lowest BCUT2D eigenvalue weighted by Gasteiger charge is -2.25. The number of anilines is 1. The van der Waals surface area contributed by atoms with Crippen LogP contribution >= 0.6 is 11.6 Å². The first-order chi connectivity index (χ1) is 9.25. The molecule has 0 radical (unpaired) electrons. The van der Waals surface area contributed by atoms with Crippen molar-refractivity contribution in [3.05, 3.63) is 29.0 Å². The maximum atomic E-state index is 13.4. The average molecular weight is 282 g/mol. The molecule has 100 valence electrons. The van der Waals surface area contributed by atoms with Gasteiger partial charge in [-0.15, -0.1) is 5.10 Å². The van der Waals surface area contributed by atoms with E-state index in [-0.39, 0.29) is 5.02 Å². The van der Waals surface area contributed by atoms with Crippen LogP contribution in [0.3, 0.4) is 0 Å². The van der Waals surface area contributed by atoms with Crippen LogP contribution in [0.2, 0.25) is 5.02 Å². The summed E-state index contributed by atoms with van der Waals surface area (Å²) in [5.74, 6) is 0.647. The van der Waals surface area contributed by atoms with Crippen molar-refractivity contribution >= 4 is 17.5 Å². The van der Waals surface area contributed by atoms with Crippen molar-refractivity contribution in [1.82, 2.24) is 20.5 Å². The number of halogens is 2. The largest absolute Gasteiger partial charge is 0.337 e. The van der Waals surface area contributed by atoms with Crippen LogP contribution in [0, 0.1) is 5.82 Å². The topological polar surface area (TPSA) is 56.8 Å². The number of hydrogen-bond donors (Lipinski definition) is 2. The zero-order valence-corrected chi connectivity index (χ0v) is 10.9. The quantitative estimate of drug-likeness (QED) is 0.879. The minimum absolute atomic E-state index is 0.0607. The van der Waals surface area contributed by atoms with E-state index in [0.29, 0.717) is 17.3 Å². The molecule has 0 atom stereocenters. The summed E-state index contributed by atoms with van der Waals surface area (Å²) in [6.45, 7) is 3.53. The van der Waals surface area contributed by atoms with E-state index in [1.54, 1.807) is 12.1 Å². The van der Waals surface area contributed by atoms with Gasteiger partial charge in [0, 0.05) is 31.7 Å². The van der Waals surface area contributed by atoms with Crippen LogP contribution in [0.4, 0.5) is 10.3 Å². The number of H-pyrrole nitrogens is 1. The fourth-order valence-corrected chi connectivity index (χ4v) is 2.28. The Morgan fingerprint density at radius 2 is 2.05 bits per heavy atom. The normalized spacial score (nSPS) is 15.8. The molecule has 19 heavy (non-hydrogen) atoms. The predicted molar refractivity (Wildman–Crippen MR) is 71.9 cm³/mol. The van der Waals surface area contributed by atoms with Gasteiger partial charge in [-0.05, 0) is 12.1 Å². The van der Waals surface area contributed by atoms with Crippen LogP contribution in [0.5, 0.6) is 0 Å². The number of aromatic amines is 1. The Balaban J connectivity index is 1.90. The van der Waals surface area contributed by atoms with Crippen molar-refractivity contribution in [1.29, 1.82) is 0 Å². The smallest absolute Gasteiger partial charge is 0.245 e. The molecule has 0 saturated carbocycles. The van der Waals surface area contributed by atoms with E-state index in [9.17, 15) is 4.39 Å². The summed E-state index contributed by atoms with van der Waals surface area (Å²) in [5.41, 5.74) is 0.524. The van der Waals surface area contributed by atoms with Gasteiger partial charge in [-0.2, -0.15) is 4.98 Å². The summed E-state index contributed by atoms with van der Waals surface area (Å²) in [7, 11) is 0. The molecule has 5 nitrogen and oxygen atoms in total. The van der Waals surface area contributed by atoms with Crippen molar-refractivity contribution in [2.45, 2.75) is 0 Å². The van der Waals surface area contributed by atoms with E-state index in [0.717, 1.165) is 26.2 Å². The van der Waals surface area contributed by atoms with E-state index < -0.39 is 5.82 Å². The molecule has 1 aromatic heterocycles. The standard InChI is InChI=1S/C12H13ClFN5/c13-10-8(2-1-3-9(10)14)11-16-12(18-17-11)19-6-4-15-5-7-19/h1-3,15H,4-7H2,(H,16,17,18). The van der Waals surface area contributed by atoms with Gasteiger partial charge in [0.2, 0.25) is 5.95 Å². The zero-order chi connectivity index (χ0) is 13.2. The first-order valence-corrected chi connectivity index (χ1v) is 6.46. The predicted octanol–water partition coefficient (Wildman–Crippen LogP) is 1.67. The molecule has 0 bridgehead atoms. The van der Waals surface area contributed by atoms with Crippen LogP contribution in [0.1, 0.15) is 0 Å². The number of piperazine rings is 1. The number of hydrogen-bond acceptors (Lipinski definition) is 4. The lowest BCUT2D eigenvalue weighted by Crippen LogP contribution is -2.44. The average Bonchev–Trinajstić information content (AvgIpc) is 2.92. The number of rotatable bonds is 2. The Labute approximate surface area is 114 Å². The summed E-state index contributed by atoms with van der Waals surface area (Å²) in [6.07, 6.45) is 0. The minimum Gasteiger partial charge on any atom is -0.337 e. The fraction of sp³-hybridized carbons (Fsp3) is 0.333. The molecule has 2 aromatic rings. The lowest BCUT2D eigenvalue weighted by molar-refractivity contribution is 0.580. The third-order valence-electron chi connectivity index (χ3n) is 3.08. The van der Waals surface area contributed by atoms with Crippen LogP contribution in [0.25, 0.3) is 11.4 Å². The number of nitrogens with zero attached hydrogens (tertiary/aromatic N) is 3. The molecule has 7 heteroatoms. The third-order valence-corrected chi connectivity index (χ3v) is 3.46. The van der Waals surface area contributed by atoms with Gasteiger partial charge in [0.05, 0.1) is 5.02 Å². The molecule has 1 aromatic carbocycles. The Morgan fingerprint density at radius 3 is 2.84 bits per heavy atom. The molecular weight excluding hydrogens is 269 g/mol. The maximum Gasteiger partial charge on any atom is 0.245 e. The molecule has 2 heterocycles. The highest BCUT2D eigenvalue weighted by atomic mass is 35.5. The molecule has 3 rings (SSSR count). The van der Waals surface area contributed by atoms with Crippen LogP contribution in [-0.2, 0) is 0 Å². The fourth-order valence-electron chi connectivity index (χ4n) is 2.07. The van der Waals surface area contributed by atoms with Gasteiger partial charge in [0.15, 0.2) is 5.82 Å². The highest BCUT2D eigenvalue weighted by Crippen LogP contribution is 2.28. The van der Waals surface area contributed by atoms with Crippen LogP contribution in [-0.4, -0.2) is 41.4 Å². The Hall–Kier alpha value is -1.66. The molecule has 2 N–H and O–H groups in total. The van der Waals surface area contributed by atoms with Gasteiger partial charge in [-0.25, -0.2) is 4.39 Å². The second-order valence-corrected chi connectivity index (χ2v) is 4.70. The van der Waals surface area contributed by atoms with E-state index in [2.05, 4.69) is 25.4 Å². The SMILES string of the molecule is Fc1cccc(-c2nc(N3CCNCC3)n[nH]2)c1Cl. The summed E-state index contributed by atoms with van der Waals surface area (Å²) < 4.78 is 13.4. The molecule has 0 amide bonds. The van der Waals surface area contributed by atoms with E-state index in [4.69, 9.17) is 11.6 Å². The number of nitrogens with one attached hydrogen (secondary N) is 2. The summed E-state index contributed by atoms with van der Waals surface area (Å²) in [4.78, 5) is 6.46.